The van der Waals surface area contributed by atoms with E-state index in [4.69, 9.17) is 4.63 Å². The lowest BCUT2D eigenvalue weighted by Gasteiger charge is -1.99. The van der Waals surface area contributed by atoms with Gasteiger partial charge in [0.2, 0.25) is 0 Å². The molecule has 0 aliphatic heterocycles. The van der Waals surface area contributed by atoms with Crippen LogP contribution in [0.5, 0.6) is 0 Å². The smallest absolute Gasteiger partial charge is 0.143 e. The molecule has 3 aromatic rings. The van der Waals surface area contributed by atoms with E-state index in [-0.39, 0.29) is 0 Å². The molecule has 0 fully saturated rings. The number of fused-ring (bicyclic) bond motifs is 1. The standard InChI is InChI=1S/C11H7N3O/c1-2-9(8-4-6-12-7-5-8)11-10(3-1)13-15-14-11/h1-7H. The Kier molecular flexibility index (Phi) is 1.71. The maximum Gasteiger partial charge on any atom is 0.143 e. The van der Waals surface area contributed by atoms with E-state index < -0.39 is 0 Å². The topological polar surface area (TPSA) is 51.8 Å². The average Bonchev–Trinajstić information content (AvgIpc) is 2.78. The summed E-state index contributed by atoms with van der Waals surface area (Å²) in [6.45, 7) is 0. The van der Waals surface area contributed by atoms with Crippen molar-refractivity contribution in [1.29, 1.82) is 0 Å². The predicted octanol–water partition coefficient (Wildman–Crippen LogP) is 2.28. The molecule has 0 unspecified atom stereocenters. The predicted molar refractivity (Wildman–Crippen MR) is 55.0 cm³/mol. The largest absolute Gasteiger partial charge is 0.265 e. The molecular weight excluding hydrogens is 190 g/mol. The second kappa shape index (κ2) is 3.16. The molecule has 0 bridgehead atoms. The van der Waals surface area contributed by atoms with Crippen LogP contribution in [0, 0.1) is 0 Å². The Hall–Kier alpha value is -2.23. The van der Waals surface area contributed by atoms with Crippen LogP contribution < -0.4 is 0 Å². The van der Waals surface area contributed by atoms with Crippen molar-refractivity contribution in [2.75, 3.05) is 0 Å². The molecule has 0 spiro atoms. The lowest BCUT2D eigenvalue weighted by Crippen LogP contribution is -1.80. The van der Waals surface area contributed by atoms with Crippen LogP contribution in [0.4, 0.5) is 0 Å². The average molecular weight is 197 g/mol. The minimum atomic E-state index is 0.768. The molecule has 2 aromatic heterocycles. The van der Waals surface area contributed by atoms with E-state index in [9.17, 15) is 0 Å². The Bertz CT molecular complexity index is 589. The minimum Gasteiger partial charge on any atom is -0.265 e. The summed E-state index contributed by atoms with van der Waals surface area (Å²) in [6.07, 6.45) is 3.50. The van der Waals surface area contributed by atoms with Crippen molar-refractivity contribution in [3.63, 3.8) is 0 Å². The van der Waals surface area contributed by atoms with Gasteiger partial charge in [-0.1, -0.05) is 12.1 Å². The maximum absolute atomic E-state index is 4.71. The van der Waals surface area contributed by atoms with Gasteiger partial charge in [0.05, 0.1) is 0 Å². The third kappa shape index (κ3) is 1.27. The number of benzene rings is 1. The van der Waals surface area contributed by atoms with Crippen LogP contribution in [0.1, 0.15) is 0 Å². The van der Waals surface area contributed by atoms with Gasteiger partial charge in [-0.25, -0.2) is 4.63 Å². The van der Waals surface area contributed by atoms with Gasteiger partial charge < -0.3 is 0 Å². The molecule has 0 saturated carbocycles. The van der Waals surface area contributed by atoms with Gasteiger partial charge in [-0.3, -0.25) is 4.98 Å². The van der Waals surface area contributed by atoms with Gasteiger partial charge in [0.15, 0.2) is 0 Å². The summed E-state index contributed by atoms with van der Waals surface area (Å²) in [5, 5.41) is 7.69. The van der Waals surface area contributed by atoms with Crippen molar-refractivity contribution >= 4 is 11.0 Å². The molecule has 1 aromatic carbocycles. The van der Waals surface area contributed by atoms with E-state index in [1.54, 1.807) is 12.4 Å². The summed E-state index contributed by atoms with van der Waals surface area (Å²) >= 11 is 0. The minimum absolute atomic E-state index is 0.768. The summed E-state index contributed by atoms with van der Waals surface area (Å²) in [7, 11) is 0. The number of nitrogens with zero attached hydrogens (tertiary/aromatic N) is 3. The van der Waals surface area contributed by atoms with Crippen molar-refractivity contribution < 1.29 is 4.63 Å². The summed E-state index contributed by atoms with van der Waals surface area (Å²) in [4.78, 5) is 3.98. The van der Waals surface area contributed by atoms with Crippen LogP contribution in [0.15, 0.2) is 47.4 Å². The maximum atomic E-state index is 4.71. The molecule has 3 rings (SSSR count). The van der Waals surface area contributed by atoms with Crippen LogP contribution in [-0.4, -0.2) is 15.3 Å². The highest BCUT2D eigenvalue weighted by molar-refractivity contribution is 5.90. The van der Waals surface area contributed by atoms with E-state index in [0.29, 0.717) is 0 Å². The van der Waals surface area contributed by atoms with Crippen molar-refractivity contribution in [2.24, 2.45) is 0 Å². The Labute approximate surface area is 85.5 Å². The highest BCUT2D eigenvalue weighted by Gasteiger charge is 2.07. The highest BCUT2D eigenvalue weighted by Crippen LogP contribution is 2.25. The fourth-order valence-corrected chi connectivity index (χ4v) is 1.57. The zero-order valence-electron chi connectivity index (χ0n) is 7.79. The molecule has 72 valence electrons. The van der Waals surface area contributed by atoms with Crippen molar-refractivity contribution in [2.45, 2.75) is 0 Å². The van der Waals surface area contributed by atoms with Crippen LogP contribution in [0.25, 0.3) is 22.2 Å². The Balaban J connectivity index is 2.31. The molecule has 0 saturated heterocycles. The van der Waals surface area contributed by atoms with E-state index in [1.165, 1.54) is 0 Å². The molecule has 0 aliphatic carbocycles. The van der Waals surface area contributed by atoms with Gasteiger partial charge >= 0.3 is 0 Å². The van der Waals surface area contributed by atoms with Crippen LogP contribution in [-0.2, 0) is 0 Å². The van der Waals surface area contributed by atoms with Gasteiger partial charge in [-0.15, -0.1) is 0 Å². The molecule has 0 radical (unpaired) electrons. The molecule has 0 amide bonds. The first kappa shape index (κ1) is 8.11. The van der Waals surface area contributed by atoms with Crippen LogP contribution in [0.2, 0.25) is 0 Å². The first-order valence-electron chi connectivity index (χ1n) is 4.57. The van der Waals surface area contributed by atoms with Crippen molar-refractivity contribution in [1.82, 2.24) is 15.3 Å². The number of rotatable bonds is 1. The van der Waals surface area contributed by atoms with E-state index in [2.05, 4.69) is 15.3 Å². The second-order valence-electron chi connectivity index (χ2n) is 3.17. The second-order valence-corrected chi connectivity index (χ2v) is 3.17. The van der Waals surface area contributed by atoms with Gasteiger partial charge in [0.25, 0.3) is 0 Å². The third-order valence-electron chi connectivity index (χ3n) is 2.28. The number of pyridine rings is 1. The van der Waals surface area contributed by atoms with Crippen molar-refractivity contribution in [3.05, 3.63) is 42.7 Å². The first-order chi connectivity index (χ1) is 7.45. The number of hydrogen-bond donors (Lipinski definition) is 0. The monoisotopic (exact) mass is 197 g/mol. The highest BCUT2D eigenvalue weighted by atomic mass is 16.6. The van der Waals surface area contributed by atoms with Crippen LogP contribution >= 0.6 is 0 Å². The van der Waals surface area contributed by atoms with Crippen LogP contribution in [0.3, 0.4) is 0 Å². The fraction of sp³-hybridized carbons (Fsp3) is 0. The molecule has 0 N–H and O–H groups in total. The lowest BCUT2D eigenvalue weighted by atomic mass is 10.1. The molecule has 2 heterocycles. The fourth-order valence-electron chi connectivity index (χ4n) is 1.57. The van der Waals surface area contributed by atoms with Gasteiger partial charge in [0.1, 0.15) is 11.0 Å². The van der Waals surface area contributed by atoms with Gasteiger partial charge in [-0.2, -0.15) is 0 Å². The quantitative estimate of drug-likeness (QED) is 0.600. The van der Waals surface area contributed by atoms with Crippen molar-refractivity contribution in [3.8, 4) is 11.1 Å². The number of aromatic nitrogens is 3. The first-order valence-corrected chi connectivity index (χ1v) is 4.57. The molecule has 0 atom stereocenters. The summed E-state index contributed by atoms with van der Waals surface area (Å²) < 4.78 is 4.71. The SMILES string of the molecule is c1cc(-c2ccncc2)c2nonc2c1. The number of hydrogen-bond acceptors (Lipinski definition) is 4. The normalized spacial score (nSPS) is 10.7. The van der Waals surface area contributed by atoms with E-state index >= 15 is 0 Å². The molecule has 4 heteroatoms. The molecule has 0 aliphatic rings. The Morgan fingerprint density at radius 1 is 0.933 bits per heavy atom. The third-order valence-corrected chi connectivity index (χ3v) is 2.28. The zero-order chi connectivity index (χ0) is 10.1. The lowest BCUT2D eigenvalue weighted by molar-refractivity contribution is 0.315. The summed E-state index contributed by atoms with van der Waals surface area (Å²) in [6, 6.07) is 9.66. The van der Waals surface area contributed by atoms with E-state index in [0.717, 1.165) is 22.2 Å². The molecular formula is C11H7N3O. The summed E-state index contributed by atoms with van der Waals surface area (Å²) in [5.74, 6) is 0. The van der Waals surface area contributed by atoms with Gasteiger partial charge in [0, 0.05) is 18.0 Å². The zero-order valence-corrected chi connectivity index (χ0v) is 7.79. The molecule has 4 nitrogen and oxygen atoms in total. The van der Waals surface area contributed by atoms with Gasteiger partial charge in [-0.05, 0) is 34.1 Å². The summed E-state index contributed by atoms with van der Waals surface area (Å²) in [5.41, 5.74) is 3.62. The Morgan fingerprint density at radius 3 is 2.67 bits per heavy atom. The Morgan fingerprint density at radius 2 is 1.80 bits per heavy atom. The van der Waals surface area contributed by atoms with E-state index in [1.807, 2.05) is 30.3 Å². The molecule has 15 heavy (non-hydrogen) atoms.